The second kappa shape index (κ2) is 2.64. The Labute approximate surface area is 69.5 Å². The minimum absolute atomic E-state index is 0.654. The molecular formula is C6H7NOS2. The molecule has 0 atom stereocenters. The molecule has 1 aromatic carbocycles. The van der Waals surface area contributed by atoms with Crippen molar-refractivity contribution in [2.24, 2.45) is 0 Å². The van der Waals surface area contributed by atoms with Crippen molar-refractivity contribution in [2.45, 2.75) is 0 Å². The summed E-state index contributed by atoms with van der Waals surface area (Å²) in [7, 11) is 3.38. The van der Waals surface area contributed by atoms with Crippen molar-refractivity contribution in [1.29, 1.82) is 0 Å². The van der Waals surface area contributed by atoms with Gasteiger partial charge in [-0.05, 0) is 0 Å². The molecule has 0 aliphatic heterocycles. The van der Waals surface area contributed by atoms with E-state index in [1.165, 1.54) is 0 Å². The summed E-state index contributed by atoms with van der Waals surface area (Å²) in [6.45, 7) is 0. The molecule has 4 heteroatoms. The quantitative estimate of drug-likeness (QED) is 0.691. The van der Waals surface area contributed by atoms with Crippen LogP contribution >= 0.6 is 24.4 Å². The zero-order valence-corrected chi connectivity index (χ0v) is 7.36. The van der Waals surface area contributed by atoms with Crippen molar-refractivity contribution in [3.05, 3.63) is 9.02 Å². The lowest BCUT2D eigenvalue weighted by Gasteiger charge is -2.10. The number of ether oxygens (including phenoxy) is 1. The molecule has 0 spiro atoms. The lowest BCUT2D eigenvalue weighted by atomic mass is 10.2. The molecule has 1 N–H and O–H groups in total. The van der Waals surface area contributed by atoms with Crippen LogP contribution in [-0.4, -0.2) is 14.2 Å². The lowest BCUT2D eigenvalue weighted by molar-refractivity contribution is 0.411. The number of rotatable bonds is 2. The third kappa shape index (κ3) is 0.839. The fourth-order valence-corrected chi connectivity index (χ4v) is 1.37. The van der Waals surface area contributed by atoms with E-state index in [4.69, 9.17) is 29.2 Å². The number of hydrogen-bond donors (Lipinski definition) is 1. The summed E-state index contributed by atoms with van der Waals surface area (Å²) in [5, 5.41) is 2.91. The third-order valence-electron chi connectivity index (χ3n) is 1.32. The summed E-state index contributed by atoms with van der Waals surface area (Å²) in [5.74, 6) is 0.711. The summed E-state index contributed by atoms with van der Waals surface area (Å²) in [6.07, 6.45) is 0. The molecule has 0 aliphatic rings. The van der Waals surface area contributed by atoms with Crippen LogP contribution in [-0.2, 0) is 0 Å². The Balaban J connectivity index is 3.16. The molecule has 1 rings (SSSR count). The van der Waals surface area contributed by atoms with Gasteiger partial charge >= 0.3 is 0 Å². The highest BCUT2D eigenvalue weighted by atomic mass is 32.1. The molecular weight excluding hydrogens is 166 g/mol. The van der Waals surface area contributed by atoms with Crippen LogP contribution in [0.5, 0.6) is 5.75 Å². The molecule has 0 amide bonds. The molecule has 1 aromatic rings. The van der Waals surface area contributed by atoms with Gasteiger partial charge in [0.25, 0.3) is 0 Å². The Kier molecular flexibility index (Phi) is 2.01. The number of nitrogens with one attached hydrogen (secondary N) is 1. The van der Waals surface area contributed by atoms with Crippen LogP contribution in [0.4, 0.5) is 5.69 Å². The Bertz CT molecular complexity index is 279. The van der Waals surface area contributed by atoms with Gasteiger partial charge in [0.1, 0.15) is 4.51 Å². The van der Waals surface area contributed by atoms with Gasteiger partial charge in [0, 0.05) is 7.05 Å². The molecule has 0 bridgehead atoms. The molecule has 0 aromatic heterocycles. The maximum atomic E-state index is 4.96. The smallest absolute Gasteiger partial charge is 0.163 e. The Morgan fingerprint density at radius 2 is 1.90 bits per heavy atom. The van der Waals surface area contributed by atoms with Gasteiger partial charge in [-0.3, -0.25) is 0 Å². The van der Waals surface area contributed by atoms with Crippen LogP contribution in [0.15, 0.2) is 0 Å². The summed E-state index contributed by atoms with van der Waals surface area (Å²) >= 11 is 9.83. The van der Waals surface area contributed by atoms with E-state index in [1.807, 2.05) is 0 Å². The average molecular weight is 173 g/mol. The monoisotopic (exact) mass is 173 g/mol. The highest BCUT2D eigenvalue weighted by Gasteiger charge is 2.12. The van der Waals surface area contributed by atoms with Crippen molar-refractivity contribution < 1.29 is 4.74 Å². The average Bonchev–Trinajstić information content (AvgIpc) is 1.97. The van der Waals surface area contributed by atoms with E-state index in [9.17, 15) is 0 Å². The number of anilines is 1. The van der Waals surface area contributed by atoms with Gasteiger partial charge in [0.15, 0.2) is 5.75 Å². The Morgan fingerprint density at radius 3 is 2.20 bits per heavy atom. The molecule has 10 heavy (non-hydrogen) atoms. The van der Waals surface area contributed by atoms with Crippen molar-refractivity contribution >= 4 is 30.1 Å². The number of hydrogen-bond acceptors (Lipinski definition) is 4. The second-order valence-corrected chi connectivity index (χ2v) is 2.63. The van der Waals surface area contributed by atoms with E-state index in [0.29, 0.717) is 14.8 Å². The minimum Gasteiger partial charge on any atom is -0.493 e. The Morgan fingerprint density at radius 1 is 1.30 bits per heavy atom. The summed E-state index contributed by atoms with van der Waals surface area (Å²) < 4.78 is 6.32. The normalized spacial score (nSPS) is 9.80. The zero-order valence-electron chi connectivity index (χ0n) is 5.72. The highest BCUT2D eigenvalue weighted by Crippen LogP contribution is 2.33. The fourth-order valence-electron chi connectivity index (χ4n) is 0.793. The minimum atomic E-state index is 0.654. The van der Waals surface area contributed by atoms with E-state index < -0.39 is 0 Å². The van der Waals surface area contributed by atoms with E-state index in [1.54, 1.807) is 14.2 Å². The van der Waals surface area contributed by atoms with Gasteiger partial charge in [-0.1, -0.05) is 24.4 Å². The summed E-state index contributed by atoms with van der Waals surface area (Å²) in [5.41, 5.74) is 0.850. The maximum absolute atomic E-state index is 4.96. The van der Waals surface area contributed by atoms with Crippen LogP contribution in [0.25, 0.3) is 0 Å². The van der Waals surface area contributed by atoms with Crippen LogP contribution in [0.3, 0.4) is 0 Å². The van der Waals surface area contributed by atoms with E-state index >= 15 is 0 Å². The molecule has 0 heterocycles. The summed E-state index contributed by atoms with van der Waals surface area (Å²) in [6, 6.07) is 0. The van der Waals surface area contributed by atoms with Crippen LogP contribution in [0.2, 0.25) is 0 Å². The topological polar surface area (TPSA) is 21.3 Å². The lowest BCUT2D eigenvalue weighted by Crippen LogP contribution is -1.99. The third-order valence-corrected chi connectivity index (χ3v) is 2.25. The van der Waals surface area contributed by atoms with Crippen LogP contribution in [0.1, 0.15) is 0 Å². The number of methoxy groups -OCH3 is 1. The Hall–Kier alpha value is -0.480. The highest BCUT2D eigenvalue weighted by molar-refractivity contribution is 7.74. The van der Waals surface area contributed by atoms with Crippen molar-refractivity contribution in [3.63, 3.8) is 0 Å². The van der Waals surface area contributed by atoms with Crippen molar-refractivity contribution in [1.82, 2.24) is 0 Å². The molecule has 0 unspecified atom stereocenters. The largest absolute Gasteiger partial charge is 0.493 e. The SMILES string of the molecule is CNc1c(OC)c(=S)c1=S. The second-order valence-electron chi connectivity index (χ2n) is 1.82. The first kappa shape index (κ1) is 7.63. The maximum Gasteiger partial charge on any atom is 0.163 e. The summed E-state index contributed by atoms with van der Waals surface area (Å²) in [4.78, 5) is 0. The van der Waals surface area contributed by atoms with E-state index in [-0.39, 0.29) is 0 Å². The van der Waals surface area contributed by atoms with Crippen LogP contribution < -0.4 is 10.1 Å². The molecule has 0 fully saturated rings. The van der Waals surface area contributed by atoms with Crippen molar-refractivity contribution in [2.75, 3.05) is 19.5 Å². The van der Waals surface area contributed by atoms with E-state index in [2.05, 4.69) is 5.32 Å². The van der Waals surface area contributed by atoms with E-state index in [0.717, 1.165) is 5.69 Å². The first-order chi connectivity index (χ1) is 4.72. The molecule has 0 aliphatic carbocycles. The zero-order chi connectivity index (χ0) is 7.72. The molecule has 54 valence electrons. The van der Waals surface area contributed by atoms with Gasteiger partial charge in [0.2, 0.25) is 0 Å². The first-order valence-corrected chi connectivity index (χ1v) is 3.59. The molecule has 0 saturated heterocycles. The van der Waals surface area contributed by atoms with Crippen LogP contribution in [0, 0.1) is 9.02 Å². The van der Waals surface area contributed by atoms with Gasteiger partial charge in [0.05, 0.1) is 17.3 Å². The predicted molar refractivity (Wildman–Crippen MR) is 46.6 cm³/mol. The van der Waals surface area contributed by atoms with Gasteiger partial charge in [-0.2, -0.15) is 0 Å². The predicted octanol–water partition coefficient (Wildman–Crippen LogP) is 2.07. The van der Waals surface area contributed by atoms with Gasteiger partial charge < -0.3 is 10.1 Å². The fraction of sp³-hybridized carbons (Fsp3) is 0.333. The van der Waals surface area contributed by atoms with Crippen molar-refractivity contribution in [3.8, 4) is 5.75 Å². The standard InChI is InChI=1S/C6H7NOS2/c1-7-3-4(8-2)6(10)5(3)9/h7H,1-2H3. The molecule has 0 saturated carbocycles. The van der Waals surface area contributed by atoms with Gasteiger partial charge in [-0.15, -0.1) is 0 Å². The molecule has 0 radical (unpaired) electrons. The van der Waals surface area contributed by atoms with Gasteiger partial charge in [-0.25, -0.2) is 0 Å². The molecule has 2 nitrogen and oxygen atoms in total. The first-order valence-electron chi connectivity index (χ1n) is 2.77.